The fourth-order valence-corrected chi connectivity index (χ4v) is 3.43. The zero-order valence-electron chi connectivity index (χ0n) is 12.2. The van der Waals surface area contributed by atoms with E-state index < -0.39 is 21.4 Å². The van der Waals surface area contributed by atoms with E-state index in [-0.39, 0.29) is 6.42 Å². The normalized spacial score (nSPS) is 13.0. The van der Waals surface area contributed by atoms with Crippen LogP contribution in [0.25, 0.3) is 6.08 Å². The number of alkyl halides is 3. The molecule has 0 nitrogen and oxygen atoms in total. The van der Waals surface area contributed by atoms with Crippen LogP contribution >= 0.6 is 0 Å². The SMILES string of the molecule is C[SiH](C)C(=Cc1ccccc1)CCCCCC(F)(F)F. The average molecular weight is 300 g/mol. The fraction of sp³-hybridized carbons (Fsp3) is 0.500. The van der Waals surface area contributed by atoms with Gasteiger partial charge in [-0.15, -0.1) is 0 Å². The summed E-state index contributed by atoms with van der Waals surface area (Å²) in [7, 11) is -0.901. The zero-order valence-corrected chi connectivity index (χ0v) is 13.4. The van der Waals surface area contributed by atoms with Crippen molar-refractivity contribution in [1.82, 2.24) is 0 Å². The molecule has 0 fully saturated rings. The number of unbranched alkanes of at least 4 members (excludes halogenated alkanes) is 2. The minimum Gasteiger partial charge on any atom is -0.171 e. The summed E-state index contributed by atoms with van der Waals surface area (Å²) in [5.74, 6) is 0. The van der Waals surface area contributed by atoms with Crippen LogP contribution in [0.15, 0.2) is 35.5 Å². The van der Waals surface area contributed by atoms with Crippen molar-refractivity contribution in [2.24, 2.45) is 0 Å². The Hall–Kier alpha value is -1.03. The molecule has 0 unspecified atom stereocenters. The first-order valence-corrected chi connectivity index (χ1v) is 10.1. The van der Waals surface area contributed by atoms with Gasteiger partial charge in [-0.3, -0.25) is 0 Å². The Morgan fingerprint density at radius 3 is 2.25 bits per heavy atom. The van der Waals surface area contributed by atoms with Gasteiger partial charge in [-0.1, -0.05) is 61.1 Å². The van der Waals surface area contributed by atoms with E-state index in [1.807, 2.05) is 18.2 Å². The third kappa shape index (κ3) is 7.53. The fourth-order valence-electron chi connectivity index (χ4n) is 2.12. The molecule has 0 aromatic heterocycles. The molecule has 4 heteroatoms. The monoisotopic (exact) mass is 300 g/mol. The molecule has 1 aromatic carbocycles. The van der Waals surface area contributed by atoms with E-state index >= 15 is 0 Å². The Kier molecular flexibility index (Phi) is 7.06. The highest BCUT2D eigenvalue weighted by atomic mass is 28.3. The molecule has 0 heterocycles. The number of halogens is 3. The lowest BCUT2D eigenvalue weighted by Gasteiger charge is -2.11. The number of benzene rings is 1. The molecule has 0 atom stereocenters. The first-order chi connectivity index (χ1) is 9.38. The van der Waals surface area contributed by atoms with E-state index in [1.165, 1.54) is 10.8 Å². The molecule has 0 radical (unpaired) electrons. The van der Waals surface area contributed by atoms with Crippen LogP contribution < -0.4 is 0 Å². The van der Waals surface area contributed by atoms with E-state index in [9.17, 15) is 13.2 Å². The van der Waals surface area contributed by atoms with Crippen LogP contribution in [0.4, 0.5) is 13.2 Å². The molecule has 0 aliphatic carbocycles. The van der Waals surface area contributed by atoms with Gasteiger partial charge in [0.25, 0.3) is 0 Å². The average Bonchev–Trinajstić information content (AvgIpc) is 2.36. The van der Waals surface area contributed by atoms with Crippen molar-refractivity contribution in [2.75, 3.05) is 0 Å². The van der Waals surface area contributed by atoms with Crippen LogP contribution in [0.2, 0.25) is 13.1 Å². The second kappa shape index (κ2) is 8.30. The lowest BCUT2D eigenvalue weighted by atomic mass is 10.1. The highest BCUT2D eigenvalue weighted by Gasteiger charge is 2.25. The van der Waals surface area contributed by atoms with Gasteiger partial charge in [0.15, 0.2) is 0 Å². The van der Waals surface area contributed by atoms with E-state index in [0.717, 1.165) is 12.8 Å². The molecule has 20 heavy (non-hydrogen) atoms. The lowest BCUT2D eigenvalue weighted by Crippen LogP contribution is -2.07. The number of hydrogen-bond acceptors (Lipinski definition) is 0. The first-order valence-electron chi connectivity index (χ1n) is 7.21. The zero-order chi connectivity index (χ0) is 15.0. The van der Waals surface area contributed by atoms with Gasteiger partial charge in [-0.25, -0.2) is 0 Å². The summed E-state index contributed by atoms with van der Waals surface area (Å²) in [6.45, 7) is 4.54. The summed E-state index contributed by atoms with van der Waals surface area (Å²) in [6, 6.07) is 10.1. The lowest BCUT2D eigenvalue weighted by molar-refractivity contribution is -0.135. The van der Waals surface area contributed by atoms with Crippen molar-refractivity contribution < 1.29 is 13.2 Å². The number of hydrogen-bond donors (Lipinski definition) is 0. The van der Waals surface area contributed by atoms with Crippen LogP contribution in [0.3, 0.4) is 0 Å². The van der Waals surface area contributed by atoms with E-state index in [0.29, 0.717) is 6.42 Å². The molecule has 112 valence electrons. The molecule has 0 aliphatic rings. The molecule has 0 bridgehead atoms. The molecule has 0 N–H and O–H groups in total. The van der Waals surface area contributed by atoms with E-state index in [1.54, 1.807) is 0 Å². The maximum absolute atomic E-state index is 12.1. The largest absolute Gasteiger partial charge is 0.389 e. The van der Waals surface area contributed by atoms with Crippen molar-refractivity contribution in [3.63, 3.8) is 0 Å². The quantitative estimate of drug-likeness (QED) is 0.453. The summed E-state index contributed by atoms with van der Waals surface area (Å²) in [5, 5.41) is 1.45. The van der Waals surface area contributed by atoms with E-state index in [2.05, 4.69) is 31.3 Å². The third-order valence-corrected chi connectivity index (χ3v) is 5.26. The van der Waals surface area contributed by atoms with Gasteiger partial charge in [0.2, 0.25) is 0 Å². The maximum Gasteiger partial charge on any atom is 0.389 e. The molecule has 1 aromatic rings. The van der Waals surface area contributed by atoms with Gasteiger partial charge >= 0.3 is 6.18 Å². The molecular weight excluding hydrogens is 277 g/mol. The van der Waals surface area contributed by atoms with Crippen molar-refractivity contribution in [1.29, 1.82) is 0 Å². The summed E-state index contributed by atoms with van der Waals surface area (Å²) in [4.78, 5) is 0. The van der Waals surface area contributed by atoms with Crippen molar-refractivity contribution in [3.05, 3.63) is 41.1 Å². The van der Waals surface area contributed by atoms with Crippen LogP contribution in [-0.2, 0) is 0 Å². The first kappa shape index (κ1) is 17.0. The Morgan fingerprint density at radius 2 is 1.70 bits per heavy atom. The standard InChI is InChI=1S/C16H23F3Si/c1-20(2)15(13-14-9-5-3-6-10-14)11-7-4-8-12-16(17,18)19/h3,5-6,9-10,13,20H,4,7-8,11-12H2,1-2H3. The molecule has 0 saturated heterocycles. The minimum atomic E-state index is -4.00. The highest BCUT2D eigenvalue weighted by Crippen LogP contribution is 2.24. The van der Waals surface area contributed by atoms with Crippen molar-refractivity contribution in [2.45, 2.75) is 51.4 Å². The van der Waals surface area contributed by atoms with Gasteiger partial charge in [-0.05, 0) is 24.8 Å². The molecule has 0 spiro atoms. The van der Waals surface area contributed by atoms with Gasteiger partial charge in [0, 0.05) is 6.42 Å². The van der Waals surface area contributed by atoms with Crippen LogP contribution in [-0.4, -0.2) is 15.0 Å². The Morgan fingerprint density at radius 1 is 1.05 bits per heavy atom. The summed E-state index contributed by atoms with van der Waals surface area (Å²) < 4.78 is 36.2. The van der Waals surface area contributed by atoms with Crippen LogP contribution in [0.1, 0.15) is 37.7 Å². The highest BCUT2D eigenvalue weighted by molar-refractivity contribution is 6.64. The second-order valence-electron chi connectivity index (χ2n) is 5.46. The molecule has 1 rings (SSSR count). The predicted octanol–water partition coefficient (Wildman–Crippen LogP) is 5.61. The van der Waals surface area contributed by atoms with Gasteiger partial charge in [-0.2, -0.15) is 13.2 Å². The Balaban J connectivity index is 2.43. The molecule has 0 amide bonds. The van der Waals surface area contributed by atoms with Gasteiger partial charge in [0.1, 0.15) is 0 Å². The van der Waals surface area contributed by atoms with Gasteiger partial charge in [0.05, 0.1) is 8.80 Å². The molecular formula is C16H23F3Si. The maximum atomic E-state index is 12.1. The molecule has 0 aliphatic heterocycles. The Bertz CT molecular complexity index is 407. The topological polar surface area (TPSA) is 0 Å². The summed E-state index contributed by atoms with van der Waals surface area (Å²) in [5.41, 5.74) is 1.19. The van der Waals surface area contributed by atoms with Crippen LogP contribution in [0, 0.1) is 0 Å². The van der Waals surface area contributed by atoms with Crippen molar-refractivity contribution in [3.8, 4) is 0 Å². The predicted molar refractivity (Wildman–Crippen MR) is 82.4 cm³/mol. The summed E-state index contributed by atoms with van der Waals surface area (Å²) in [6.07, 6.45) is 0.283. The Labute approximate surface area is 121 Å². The smallest absolute Gasteiger partial charge is 0.171 e. The van der Waals surface area contributed by atoms with E-state index in [4.69, 9.17) is 0 Å². The summed E-state index contributed by atoms with van der Waals surface area (Å²) >= 11 is 0. The molecule has 0 saturated carbocycles. The minimum absolute atomic E-state index is 0.252. The number of rotatable bonds is 7. The second-order valence-corrected chi connectivity index (χ2v) is 8.51. The van der Waals surface area contributed by atoms with Crippen LogP contribution in [0.5, 0.6) is 0 Å². The van der Waals surface area contributed by atoms with Gasteiger partial charge < -0.3 is 0 Å². The third-order valence-electron chi connectivity index (χ3n) is 3.32. The van der Waals surface area contributed by atoms with Crippen molar-refractivity contribution >= 4 is 14.9 Å². The number of allylic oxidation sites excluding steroid dienone is 1.